The zero-order valence-corrected chi connectivity index (χ0v) is 15.2. The van der Waals surface area contributed by atoms with Crippen molar-refractivity contribution in [2.24, 2.45) is 0 Å². The number of ether oxygens (including phenoxy) is 2. The van der Waals surface area contributed by atoms with Gasteiger partial charge in [-0.25, -0.2) is 0 Å². The van der Waals surface area contributed by atoms with Gasteiger partial charge in [0.05, 0.1) is 12.7 Å². The molecule has 0 bridgehead atoms. The van der Waals surface area contributed by atoms with E-state index in [1.54, 1.807) is 0 Å². The molecule has 0 saturated carbocycles. The molecule has 3 aromatic carbocycles. The molecule has 1 aliphatic heterocycles. The molecule has 3 nitrogen and oxygen atoms in total. The molecule has 3 aromatic rings. The van der Waals surface area contributed by atoms with Gasteiger partial charge >= 0.3 is 0 Å². The van der Waals surface area contributed by atoms with Gasteiger partial charge in [-0.05, 0) is 23.1 Å². The van der Waals surface area contributed by atoms with Gasteiger partial charge in [-0.1, -0.05) is 91.0 Å². The lowest BCUT2D eigenvalue weighted by Crippen LogP contribution is -2.35. The molecule has 27 heavy (non-hydrogen) atoms. The van der Waals surface area contributed by atoms with Gasteiger partial charge in [-0.15, -0.1) is 0 Å². The maximum Gasteiger partial charge on any atom is 0.155 e. The molecule has 0 aliphatic carbocycles. The van der Waals surface area contributed by atoms with Crippen LogP contribution in [0.4, 0.5) is 0 Å². The first-order valence-corrected chi connectivity index (χ1v) is 9.43. The Labute approximate surface area is 160 Å². The largest absolute Gasteiger partial charge is 0.368 e. The van der Waals surface area contributed by atoms with Crippen LogP contribution in [0, 0.1) is 0 Å². The second-order valence-electron chi connectivity index (χ2n) is 6.88. The second-order valence-corrected chi connectivity index (χ2v) is 6.88. The summed E-state index contributed by atoms with van der Waals surface area (Å²) in [7, 11) is 0. The van der Waals surface area contributed by atoms with Crippen LogP contribution >= 0.6 is 0 Å². The Kier molecular flexibility index (Phi) is 5.35. The molecule has 138 valence electrons. The third-order valence-electron chi connectivity index (χ3n) is 5.11. The number of benzene rings is 3. The minimum atomic E-state index is -0.735. The first-order chi connectivity index (χ1) is 13.3. The van der Waals surface area contributed by atoms with Crippen molar-refractivity contribution in [2.45, 2.75) is 30.8 Å². The summed E-state index contributed by atoms with van der Waals surface area (Å²) < 4.78 is 12.3. The average molecular weight is 360 g/mol. The van der Waals surface area contributed by atoms with E-state index in [-0.39, 0.29) is 6.10 Å². The summed E-state index contributed by atoms with van der Waals surface area (Å²) in [5.41, 5.74) is 2.48. The highest BCUT2D eigenvalue weighted by Gasteiger charge is 2.38. The van der Waals surface area contributed by atoms with E-state index < -0.39 is 11.9 Å². The molecule has 0 unspecified atom stereocenters. The SMILES string of the molecule is O[C@@H]1CC[C@@H](COC(c2ccccc2)(c2ccccc2)c2ccccc2)O1. The Morgan fingerprint density at radius 1 is 0.741 bits per heavy atom. The summed E-state index contributed by atoms with van der Waals surface area (Å²) in [5.74, 6) is 0. The van der Waals surface area contributed by atoms with E-state index in [1.807, 2.05) is 54.6 Å². The highest BCUT2D eigenvalue weighted by Crippen LogP contribution is 2.41. The van der Waals surface area contributed by atoms with E-state index in [0.717, 1.165) is 23.1 Å². The van der Waals surface area contributed by atoms with Gasteiger partial charge in [-0.2, -0.15) is 0 Å². The summed E-state index contributed by atoms with van der Waals surface area (Å²) in [6, 6.07) is 30.9. The van der Waals surface area contributed by atoms with E-state index in [9.17, 15) is 5.11 Å². The smallest absolute Gasteiger partial charge is 0.155 e. The van der Waals surface area contributed by atoms with Gasteiger partial charge in [-0.3, -0.25) is 0 Å². The van der Waals surface area contributed by atoms with Gasteiger partial charge < -0.3 is 14.6 Å². The van der Waals surface area contributed by atoms with Gasteiger partial charge in [0, 0.05) is 6.42 Å². The number of aliphatic hydroxyl groups excluding tert-OH is 1. The first kappa shape index (κ1) is 17.9. The normalized spacial score (nSPS) is 19.9. The molecular formula is C24H24O3. The van der Waals surface area contributed by atoms with Crippen molar-refractivity contribution in [1.29, 1.82) is 0 Å². The number of aliphatic hydroxyl groups is 1. The summed E-state index contributed by atoms with van der Waals surface area (Å²) in [4.78, 5) is 0. The van der Waals surface area contributed by atoms with Crippen molar-refractivity contribution in [1.82, 2.24) is 0 Å². The van der Waals surface area contributed by atoms with Crippen molar-refractivity contribution >= 4 is 0 Å². The van der Waals surface area contributed by atoms with Gasteiger partial charge in [0.25, 0.3) is 0 Å². The number of rotatable bonds is 6. The first-order valence-electron chi connectivity index (χ1n) is 9.43. The molecule has 0 radical (unpaired) electrons. The van der Waals surface area contributed by atoms with Crippen LogP contribution in [0.15, 0.2) is 91.0 Å². The quantitative estimate of drug-likeness (QED) is 0.658. The van der Waals surface area contributed by atoms with Crippen molar-refractivity contribution < 1.29 is 14.6 Å². The van der Waals surface area contributed by atoms with E-state index >= 15 is 0 Å². The highest BCUT2D eigenvalue weighted by molar-refractivity contribution is 5.47. The number of hydrogen-bond donors (Lipinski definition) is 1. The van der Waals surface area contributed by atoms with Crippen molar-refractivity contribution in [3.8, 4) is 0 Å². The topological polar surface area (TPSA) is 38.7 Å². The van der Waals surface area contributed by atoms with Crippen molar-refractivity contribution in [3.63, 3.8) is 0 Å². The molecule has 2 atom stereocenters. The van der Waals surface area contributed by atoms with Crippen LogP contribution in [0.5, 0.6) is 0 Å². The molecule has 1 saturated heterocycles. The Balaban J connectivity index is 1.81. The third-order valence-corrected chi connectivity index (χ3v) is 5.11. The zero-order valence-electron chi connectivity index (χ0n) is 15.2. The Morgan fingerprint density at radius 3 is 1.56 bits per heavy atom. The molecule has 0 spiro atoms. The summed E-state index contributed by atoms with van der Waals surface area (Å²) in [5, 5.41) is 9.70. The van der Waals surface area contributed by atoms with E-state index in [1.165, 1.54) is 0 Å². The predicted molar refractivity (Wildman–Crippen MR) is 105 cm³/mol. The standard InChI is InChI=1S/C24H24O3/c25-23-17-16-22(27-23)18-26-24(19-10-4-1-5-11-19,20-12-6-2-7-13-20)21-14-8-3-9-15-21/h1-15,22-23,25H,16-18H2/t22-,23-/m0/s1. The van der Waals surface area contributed by atoms with Gasteiger partial charge in [0.15, 0.2) is 6.29 Å². The Hall–Kier alpha value is -2.46. The van der Waals surface area contributed by atoms with Crippen LogP contribution in [-0.2, 0) is 15.1 Å². The highest BCUT2D eigenvalue weighted by atomic mass is 16.6. The van der Waals surface area contributed by atoms with E-state index in [4.69, 9.17) is 9.47 Å². The molecule has 0 aromatic heterocycles. The minimum Gasteiger partial charge on any atom is -0.368 e. The van der Waals surface area contributed by atoms with Crippen molar-refractivity contribution in [2.75, 3.05) is 6.61 Å². The van der Waals surface area contributed by atoms with Crippen LogP contribution in [0.1, 0.15) is 29.5 Å². The van der Waals surface area contributed by atoms with Crippen LogP contribution < -0.4 is 0 Å². The maximum absolute atomic E-state index is 9.70. The van der Waals surface area contributed by atoms with Crippen LogP contribution in [-0.4, -0.2) is 24.1 Å². The van der Waals surface area contributed by atoms with Crippen LogP contribution in [0.2, 0.25) is 0 Å². The zero-order chi connectivity index (χ0) is 18.5. The fraction of sp³-hybridized carbons (Fsp3) is 0.250. The Bertz CT molecular complexity index is 737. The van der Waals surface area contributed by atoms with E-state index in [2.05, 4.69) is 36.4 Å². The van der Waals surface area contributed by atoms with Gasteiger partial charge in [0.2, 0.25) is 0 Å². The lowest BCUT2D eigenvalue weighted by atomic mass is 9.80. The summed E-state index contributed by atoms with van der Waals surface area (Å²) in [6.45, 7) is 0.412. The molecule has 1 aliphatic rings. The van der Waals surface area contributed by atoms with Crippen LogP contribution in [0.3, 0.4) is 0 Å². The molecule has 1 heterocycles. The lowest BCUT2D eigenvalue weighted by Gasteiger charge is -2.36. The molecule has 0 amide bonds. The number of hydrogen-bond acceptors (Lipinski definition) is 3. The fourth-order valence-electron chi connectivity index (χ4n) is 3.80. The average Bonchev–Trinajstić information content (AvgIpc) is 3.16. The van der Waals surface area contributed by atoms with E-state index in [0.29, 0.717) is 13.0 Å². The molecule has 3 heteroatoms. The fourth-order valence-corrected chi connectivity index (χ4v) is 3.80. The third kappa shape index (κ3) is 3.67. The predicted octanol–water partition coefficient (Wildman–Crippen LogP) is 4.49. The molecule has 1 N–H and O–H groups in total. The molecule has 1 fully saturated rings. The monoisotopic (exact) mass is 360 g/mol. The Morgan fingerprint density at radius 2 is 1.19 bits per heavy atom. The maximum atomic E-state index is 9.70. The second kappa shape index (κ2) is 8.05. The van der Waals surface area contributed by atoms with Crippen molar-refractivity contribution in [3.05, 3.63) is 108 Å². The minimum absolute atomic E-state index is 0.101. The summed E-state index contributed by atoms with van der Waals surface area (Å²) in [6.07, 6.45) is 0.673. The lowest BCUT2D eigenvalue weighted by molar-refractivity contribution is -0.122. The van der Waals surface area contributed by atoms with Gasteiger partial charge in [0.1, 0.15) is 5.60 Å². The summed E-state index contributed by atoms with van der Waals surface area (Å²) >= 11 is 0. The van der Waals surface area contributed by atoms with Crippen LogP contribution in [0.25, 0.3) is 0 Å². The molecular weight excluding hydrogens is 336 g/mol. The molecule has 4 rings (SSSR count).